The molecule has 9 nitrogen and oxygen atoms in total. The Kier molecular flexibility index (Phi) is 4.45. The van der Waals surface area contributed by atoms with Crippen LogP contribution in [0.25, 0.3) is 0 Å². The third-order valence-electron chi connectivity index (χ3n) is 2.55. The van der Waals surface area contributed by atoms with Crippen molar-refractivity contribution in [3.8, 4) is 0 Å². The Labute approximate surface area is 102 Å². The lowest BCUT2D eigenvalue weighted by atomic mass is 10.2. The van der Waals surface area contributed by atoms with Gasteiger partial charge in [0.15, 0.2) is 0 Å². The fourth-order valence-corrected chi connectivity index (χ4v) is 1.58. The molecule has 0 spiro atoms. The molecule has 3 unspecified atom stereocenters. The Morgan fingerprint density at radius 1 is 1.28 bits per heavy atom. The van der Waals surface area contributed by atoms with Crippen LogP contribution in [-0.4, -0.2) is 69.5 Å². The number of carbonyl (C=O) groups excluding carboxylic acids is 2. The Bertz CT molecular complexity index is 350. The summed E-state index contributed by atoms with van der Waals surface area (Å²) < 4.78 is 0. The van der Waals surface area contributed by atoms with E-state index in [0.29, 0.717) is 0 Å². The molecule has 1 aliphatic rings. The minimum atomic E-state index is -1.43. The second kappa shape index (κ2) is 5.65. The molecule has 1 heterocycles. The maximum Gasteiger partial charge on any atom is 0.326 e. The zero-order valence-corrected chi connectivity index (χ0v) is 9.44. The number of carbonyl (C=O) groups is 3. The van der Waals surface area contributed by atoms with Gasteiger partial charge in [-0.15, -0.1) is 0 Å². The number of rotatable bonds is 4. The highest BCUT2D eigenvalue weighted by atomic mass is 16.4. The number of hydrogen-bond donors (Lipinski definition) is 5. The molecule has 0 aromatic rings. The van der Waals surface area contributed by atoms with Crippen LogP contribution in [0.1, 0.15) is 6.42 Å². The molecule has 1 aliphatic heterocycles. The van der Waals surface area contributed by atoms with Gasteiger partial charge in [0.2, 0.25) is 5.91 Å². The van der Waals surface area contributed by atoms with Crippen LogP contribution in [0.5, 0.6) is 0 Å². The average molecular weight is 261 g/mol. The number of β-amino-alcohol motifs (C(OH)–C–C–N with tert-alkyl or cyclic N) is 2. The van der Waals surface area contributed by atoms with Gasteiger partial charge in [0, 0.05) is 0 Å². The van der Waals surface area contributed by atoms with Crippen molar-refractivity contribution in [1.82, 2.24) is 10.2 Å². The molecule has 1 fully saturated rings. The van der Waals surface area contributed by atoms with Crippen molar-refractivity contribution in [3.63, 3.8) is 0 Å². The largest absolute Gasteiger partial charge is 0.480 e. The number of carboxylic acid groups (broad SMARTS) is 1. The van der Waals surface area contributed by atoms with Gasteiger partial charge in [-0.3, -0.25) is 4.79 Å². The Hall–Kier alpha value is -1.87. The van der Waals surface area contributed by atoms with Crippen LogP contribution >= 0.6 is 0 Å². The number of amides is 3. The van der Waals surface area contributed by atoms with Crippen molar-refractivity contribution in [2.75, 3.05) is 13.1 Å². The lowest BCUT2D eigenvalue weighted by Crippen LogP contribution is -2.49. The molecule has 0 aromatic carbocycles. The van der Waals surface area contributed by atoms with Crippen LogP contribution < -0.4 is 11.1 Å². The van der Waals surface area contributed by atoms with Gasteiger partial charge >= 0.3 is 12.0 Å². The molecule has 0 aliphatic carbocycles. The van der Waals surface area contributed by atoms with Gasteiger partial charge < -0.3 is 31.3 Å². The summed E-state index contributed by atoms with van der Waals surface area (Å²) in [7, 11) is 0. The third-order valence-corrected chi connectivity index (χ3v) is 2.55. The molecule has 0 saturated carbocycles. The van der Waals surface area contributed by atoms with E-state index < -0.39 is 42.6 Å². The monoisotopic (exact) mass is 261 g/mol. The zero-order chi connectivity index (χ0) is 13.9. The number of likely N-dealkylation sites (tertiary alicyclic amines) is 1. The molecule has 3 amide bonds. The molecular weight excluding hydrogens is 246 g/mol. The molecule has 1 saturated heterocycles. The highest BCUT2D eigenvalue weighted by Crippen LogP contribution is 2.10. The van der Waals surface area contributed by atoms with Gasteiger partial charge in [-0.2, -0.15) is 0 Å². The molecular formula is C9H15N3O6. The topological polar surface area (TPSA) is 153 Å². The third kappa shape index (κ3) is 3.57. The minimum absolute atomic E-state index is 0.101. The van der Waals surface area contributed by atoms with Gasteiger partial charge in [0.25, 0.3) is 0 Å². The fourth-order valence-electron chi connectivity index (χ4n) is 1.58. The first-order chi connectivity index (χ1) is 8.31. The van der Waals surface area contributed by atoms with E-state index in [1.807, 2.05) is 0 Å². The first kappa shape index (κ1) is 14.2. The summed E-state index contributed by atoms with van der Waals surface area (Å²) >= 11 is 0. The van der Waals surface area contributed by atoms with E-state index in [4.69, 9.17) is 10.8 Å². The number of nitrogens with two attached hydrogens (primary N) is 1. The molecule has 6 N–H and O–H groups in total. The molecule has 0 bridgehead atoms. The zero-order valence-electron chi connectivity index (χ0n) is 9.44. The highest BCUT2D eigenvalue weighted by Gasteiger charge is 2.34. The lowest BCUT2D eigenvalue weighted by Gasteiger charge is -2.19. The summed E-state index contributed by atoms with van der Waals surface area (Å²) in [6, 6.07) is -2.20. The van der Waals surface area contributed by atoms with Crippen molar-refractivity contribution in [2.45, 2.75) is 24.7 Å². The molecule has 1 rings (SSSR count). The second-order valence-corrected chi connectivity index (χ2v) is 4.05. The summed E-state index contributed by atoms with van der Waals surface area (Å²) in [6.45, 7) is -0.203. The van der Waals surface area contributed by atoms with Gasteiger partial charge in [0.05, 0.1) is 31.7 Å². The molecule has 102 valence electrons. The van der Waals surface area contributed by atoms with Crippen molar-refractivity contribution >= 4 is 17.9 Å². The van der Waals surface area contributed by atoms with Crippen LogP contribution in [0.2, 0.25) is 0 Å². The Balaban J connectivity index is 2.57. The van der Waals surface area contributed by atoms with Gasteiger partial charge in [0.1, 0.15) is 6.04 Å². The number of aliphatic hydroxyl groups excluding tert-OH is 2. The van der Waals surface area contributed by atoms with Crippen molar-refractivity contribution in [3.05, 3.63) is 0 Å². The number of nitrogens with one attached hydrogen (secondary N) is 1. The van der Waals surface area contributed by atoms with E-state index in [1.165, 1.54) is 0 Å². The maximum atomic E-state index is 11.6. The number of urea groups is 1. The Morgan fingerprint density at radius 2 is 1.78 bits per heavy atom. The predicted molar refractivity (Wildman–Crippen MR) is 57.4 cm³/mol. The van der Waals surface area contributed by atoms with Crippen LogP contribution in [0, 0.1) is 0 Å². The summed E-state index contributed by atoms with van der Waals surface area (Å²) in [4.78, 5) is 34.1. The number of hydrogen-bond acceptors (Lipinski definition) is 5. The molecule has 9 heteroatoms. The maximum absolute atomic E-state index is 11.6. The number of aliphatic hydroxyl groups is 2. The van der Waals surface area contributed by atoms with Crippen LogP contribution in [-0.2, 0) is 9.59 Å². The van der Waals surface area contributed by atoms with Crippen LogP contribution in [0.4, 0.5) is 4.79 Å². The second-order valence-electron chi connectivity index (χ2n) is 4.05. The van der Waals surface area contributed by atoms with Crippen LogP contribution in [0.3, 0.4) is 0 Å². The first-order valence-electron chi connectivity index (χ1n) is 5.24. The molecule has 0 radical (unpaired) electrons. The summed E-state index contributed by atoms with van der Waals surface area (Å²) in [5, 5.41) is 29.4. The average Bonchev–Trinajstić information content (AvgIpc) is 2.57. The van der Waals surface area contributed by atoms with E-state index in [1.54, 1.807) is 0 Å². The van der Waals surface area contributed by atoms with E-state index in [-0.39, 0.29) is 13.1 Å². The minimum Gasteiger partial charge on any atom is -0.480 e. The number of primary amides is 1. The number of carboxylic acids is 1. The normalized spacial score (nSPS) is 24.7. The highest BCUT2D eigenvalue weighted by molar-refractivity contribution is 5.87. The van der Waals surface area contributed by atoms with Crippen molar-refractivity contribution in [1.29, 1.82) is 0 Å². The summed E-state index contributed by atoms with van der Waals surface area (Å²) in [5.74, 6) is -2.24. The van der Waals surface area contributed by atoms with E-state index in [9.17, 15) is 24.6 Å². The van der Waals surface area contributed by atoms with Gasteiger partial charge in [-0.1, -0.05) is 0 Å². The lowest BCUT2D eigenvalue weighted by molar-refractivity contribution is -0.140. The number of nitrogens with zero attached hydrogens (tertiary/aromatic N) is 1. The van der Waals surface area contributed by atoms with E-state index in [2.05, 4.69) is 5.32 Å². The summed E-state index contributed by atoms with van der Waals surface area (Å²) in [5.41, 5.74) is 4.86. The predicted octanol–water partition coefficient (Wildman–Crippen LogP) is -2.94. The van der Waals surface area contributed by atoms with E-state index in [0.717, 1.165) is 4.90 Å². The van der Waals surface area contributed by atoms with Crippen molar-refractivity contribution < 1.29 is 29.7 Å². The first-order valence-corrected chi connectivity index (χ1v) is 5.24. The van der Waals surface area contributed by atoms with E-state index >= 15 is 0 Å². The van der Waals surface area contributed by atoms with Crippen LogP contribution in [0.15, 0.2) is 0 Å². The number of aliphatic carboxylic acids is 1. The standard InChI is InChI=1S/C9H15N3O6/c10-7(15)1-4(8(16)17)11-9(18)12-2-5(13)6(14)3-12/h4-6,13-14H,1-3H2,(H2,10,15)(H,11,18)(H,16,17). The van der Waals surface area contributed by atoms with Gasteiger partial charge in [-0.25, -0.2) is 9.59 Å². The fraction of sp³-hybridized carbons (Fsp3) is 0.667. The SMILES string of the molecule is NC(=O)CC(NC(=O)N1CC(O)C(O)C1)C(=O)O. The smallest absolute Gasteiger partial charge is 0.326 e. The summed E-state index contributed by atoms with van der Waals surface area (Å²) in [6.07, 6.45) is -2.65. The quantitative estimate of drug-likeness (QED) is 0.365. The molecule has 18 heavy (non-hydrogen) atoms. The Morgan fingerprint density at radius 3 is 2.17 bits per heavy atom. The van der Waals surface area contributed by atoms with Crippen molar-refractivity contribution in [2.24, 2.45) is 5.73 Å². The van der Waals surface area contributed by atoms with Gasteiger partial charge in [-0.05, 0) is 0 Å². The molecule has 0 aromatic heterocycles. The molecule has 3 atom stereocenters.